The molecule has 0 atom stereocenters. The number of rotatable bonds is 4. The molecule has 2 saturated heterocycles. The second-order valence-corrected chi connectivity index (χ2v) is 9.41. The number of carbonyl (C=O) groups is 3. The van der Waals surface area contributed by atoms with Crippen LogP contribution in [-0.2, 0) is 16.0 Å². The number of hydrogen-bond donors (Lipinski definition) is 2. The summed E-state index contributed by atoms with van der Waals surface area (Å²) in [6, 6.07) is 16.4. The molecule has 2 fully saturated rings. The normalized spacial score (nSPS) is 18.3. The van der Waals surface area contributed by atoms with Gasteiger partial charge in [0.2, 0.25) is 5.88 Å². The number of nitrogens with zero attached hydrogens (tertiary/aromatic N) is 3. The van der Waals surface area contributed by atoms with Crippen LogP contribution in [-0.4, -0.2) is 41.5 Å². The van der Waals surface area contributed by atoms with Gasteiger partial charge in [0.1, 0.15) is 5.75 Å². The molecule has 1 aromatic heterocycles. The molecule has 36 heavy (non-hydrogen) atoms. The van der Waals surface area contributed by atoms with Crippen LogP contribution in [0.2, 0.25) is 5.02 Å². The zero-order valence-corrected chi connectivity index (χ0v) is 19.9. The number of imide groups is 2. The number of fused-ring (bicyclic) bond motifs is 1. The average Bonchev–Trinajstić information content (AvgIpc) is 3.49. The molecule has 10 heteroatoms. The van der Waals surface area contributed by atoms with E-state index in [0.29, 0.717) is 41.7 Å². The fourth-order valence-corrected chi connectivity index (χ4v) is 5.36. The molecule has 0 saturated carbocycles. The molecule has 3 aromatic rings. The Morgan fingerprint density at radius 3 is 2.39 bits per heavy atom. The first kappa shape index (κ1) is 22.4. The molecule has 2 aromatic carbocycles. The highest BCUT2D eigenvalue weighted by Crippen LogP contribution is 2.39. The largest absolute Gasteiger partial charge is 0.439 e. The van der Waals surface area contributed by atoms with Crippen LogP contribution >= 0.6 is 11.6 Å². The van der Waals surface area contributed by atoms with Crippen molar-refractivity contribution in [3.63, 3.8) is 0 Å². The minimum atomic E-state index is -1.45. The number of carbonyl (C=O) groups excluding carboxylic acids is 3. The van der Waals surface area contributed by atoms with Gasteiger partial charge in [-0.25, -0.2) is 9.78 Å². The summed E-state index contributed by atoms with van der Waals surface area (Å²) in [6.45, 7) is 1.36. The summed E-state index contributed by atoms with van der Waals surface area (Å²) in [5, 5.41) is 5.14. The van der Waals surface area contributed by atoms with Gasteiger partial charge in [0.15, 0.2) is 5.54 Å². The fraction of sp³-hybridized carbons (Fsp3) is 0.231. The van der Waals surface area contributed by atoms with Crippen LogP contribution in [0.25, 0.3) is 0 Å². The molecular formula is C26H22ClN5O4. The van der Waals surface area contributed by atoms with Crippen molar-refractivity contribution in [2.24, 2.45) is 0 Å². The van der Waals surface area contributed by atoms with Gasteiger partial charge in [0.25, 0.3) is 11.8 Å². The van der Waals surface area contributed by atoms with Crippen molar-refractivity contribution in [3.05, 3.63) is 71.4 Å². The number of benzene rings is 2. The second-order valence-electron chi connectivity index (χ2n) is 8.98. The highest BCUT2D eigenvalue weighted by atomic mass is 35.5. The van der Waals surface area contributed by atoms with Crippen LogP contribution in [0.1, 0.15) is 18.4 Å². The molecule has 182 valence electrons. The Kier molecular flexibility index (Phi) is 5.30. The summed E-state index contributed by atoms with van der Waals surface area (Å²) in [4.78, 5) is 45.2. The van der Waals surface area contributed by atoms with Crippen molar-refractivity contribution >= 4 is 46.5 Å². The molecule has 1 spiro atoms. The van der Waals surface area contributed by atoms with E-state index in [1.54, 1.807) is 23.2 Å². The third kappa shape index (κ3) is 3.63. The number of halogens is 1. The minimum absolute atomic E-state index is 0.318. The maximum atomic E-state index is 12.7. The van der Waals surface area contributed by atoms with Crippen LogP contribution < -0.4 is 25.2 Å². The molecule has 0 bridgehead atoms. The average molecular weight is 504 g/mol. The molecule has 0 unspecified atom stereocenters. The topological polar surface area (TPSA) is 104 Å². The summed E-state index contributed by atoms with van der Waals surface area (Å²) in [7, 11) is 0. The Hall–Kier alpha value is -4.11. The monoisotopic (exact) mass is 503 g/mol. The number of hydrogen-bond acceptors (Lipinski definition) is 7. The SMILES string of the molecule is O=C1NC(=O)C2(CCCN2c2ccc(Oc3ccc4c(c3)CCN4c3ccc(Cl)cc3)nc2)C(=O)N1. The number of amides is 4. The number of pyridine rings is 1. The first-order valence-corrected chi connectivity index (χ1v) is 12.1. The van der Waals surface area contributed by atoms with Crippen LogP contribution in [0.15, 0.2) is 60.8 Å². The van der Waals surface area contributed by atoms with E-state index in [1.165, 1.54) is 5.56 Å². The van der Waals surface area contributed by atoms with Crippen molar-refractivity contribution in [2.75, 3.05) is 22.9 Å². The van der Waals surface area contributed by atoms with E-state index in [-0.39, 0.29) is 0 Å². The Morgan fingerprint density at radius 2 is 1.67 bits per heavy atom. The van der Waals surface area contributed by atoms with Crippen molar-refractivity contribution in [3.8, 4) is 11.6 Å². The summed E-state index contributed by atoms with van der Waals surface area (Å²) < 4.78 is 6.00. The van der Waals surface area contributed by atoms with E-state index in [9.17, 15) is 14.4 Å². The molecule has 3 aliphatic heterocycles. The Labute approximate surface area is 212 Å². The summed E-state index contributed by atoms with van der Waals surface area (Å²) in [6.07, 6.45) is 3.42. The van der Waals surface area contributed by atoms with E-state index in [4.69, 9.17) is 16.3 Å². The van der Waals surface area contributed by atoms with Crippen LogP contribution in [0.3, 0.4) is 0 Å². The number of nitrogens with one attached hydrogen (secondary N) is 2. The third-order valence-electron chi connectivity index (χ3n) is 6.93. The Balaban J connectivity index is 1.19. The molecule has 4 heterocycles. The molecule has 0 radical (unpaired) electrons. The lowest BCUT2D eigenvalue weighted by molar-refractivity contribution is -0.137. The quantitative estimate of drug-likeness (QED) is 0.520. The highest BCUT2D eigenvalue weighted by molar-refractivity contribution is 6.30. The first-order chi connectivity index (χ1) is 17.4. The number of barbiturate groups is 1. The summed E-state index contributed by atoms with van der Waals surface area (Å²) in [5.41, 5.74) is 2.56. The van der Waals surface area contributed by atoms with Gasteiger partial charge in [-0.1, -0.05) is 11.6 Å². The van der Waals surface area contributed by atoms with Crippen molar-refractivity contribution in [1.29, 1.82) is 0 Å². The van der Waals surface area contributed by atoms with E-state index in [0.717, 1.165) is 24.3 Å². The lowest BCUT2D eigenvalue weighted by Crippen LogP contribution is -2.71. The van der Waals surface area contributed by atoms with E-state index in [1.807, 2.05) is 42.5 Å². The lowest BCUT2D eigenvalue weighted by atomic mass is 9.92. The molecular weight excluding hydrogens is 482 g/mol. The van der Waals surface area contributed by atoms with E-state index >= 15 is 0 Å². The van der Waals surface area contributed by atoms with Crippen molar-refractivity contribution < 1.29 is 19.1 Å². The zero-order valence-electron chi connectivity index (χ0n) is 19.2. The van der Waals surface area contributed by atoms with Gasteiger partial charge >= 0.3 is 6.03 Å². The van der Waals surface area contributed by atoms with Gasteiger partial charge in [0, 0.05) is 35.6 Å². The zero-order chi connectivity index (χ0) is 24.9. The molecule has 9 nitrogen and oxygen atoms in total. The Bertz CT molecular complexity index is 1360. The summed E-state index contributed by atoms with van der Waals surface area (Å²) in [5.74, 6) is -0.152. The maximum Gasteiger partial charge on any atom is 0.328 e. The summed E-state index contributed by atoms with van der Waals surface area (Å²) >= 11 is 6.03. The minimum Gasteiger partial charge on any atom is -0.439 e. The van der Waals surface area contributed by atoms with Gasteiger partial charge in [0.05, 0.1) is 11.9 Å². The predicted octanol–water partition coefficient (Wildman–Crippen LogP) is 3.93. The maximum absolute atomic E-state index is 12.7. The molecule has 4 amide bonds. The van der Waals surface area contributed by atoms with Crippen LogP contribution in [0, 0.1) is 0 Å². The van der Waals surface area contributed by atoms with Gasteiger partial charge < -0.3 is 14.5 Å². The van der Waals surface area contributed by atoms with Gasteiger partial charge in [-0.3, -0.25) is 20.2 Å². The number of anilines is 3. The molecule has 2 N–H and O–H groups in total. The second kappa shape index (κ2) is 8.53. The van der Waals surface area contributed by atoms with Crippen molar-refractivity contribution in [1.82, 2.24) is 15.6 Å². The number of urea groups is 1. The van der Waals surface area contributed by atoms with Crippen LogP contribution in [0.4, 0.5) is 21.9 Å². The fourth-order valence-electron chi connectivity index (χ4n) is 5.23. The standard InChI is InChI=1S/C26H22ClN5O4/c27-17-2-4-18(5-3-17)31-13-10-16-14-20(7-8-21(16)31)36-22-9-6-19(15-28-22)32-12-1-11-26(32)23(33)29-25(35)30-24(26)34/h2-9,14-15H,1,10-13H2,(H2,29,30,33,34,35). The number of aromatic nitrogens is 1. The molecule has 0 aliphatic carbocycles. The van der Waals surface area contributed by atoms with E-state index < -0.39 is 23.4 Å². The smallest absolute Gasteiger partial charge is 0.328 e. The lowest BCUT2D eigenvalue weighted by Gasteiger charge is -2.38. The predicted molar refractivity (Wildman–Crippen MR) is 134 cm³/mol. The highest BCUT2D eigenvalue weighted by Gasteiger charge is 2.57. The van der Waals surface area contributed by atoms with Crippen LogP contribution in [0.5, 0.6) is 11.6 Å². The van der Waals surface area contributed by atoms with Gasteiger partial charge in [-0.15, -0.1) is 0 Å². The van der Waals surface area contributed by atoms with Crippen molar-refractivity contribution in [2.45, 2.75) is 24.8 Å². The number of ether oxygens (including phenoxy) is 1. The van der Waals surface area contributed by atoms with Gasteiger partial charge in [-0.05, 0) is 73.4 Å². The molecule has 6 rings (SSSR count). The first-order valence-electron chi connectivity index (χ1n) is 11.7. The molecule has 3 aliphatic rings. The Morgan fingerprint density at radius 1 is 0.917 bits per heavy atom. The third-order valence-corrected chi connectivity index (χ3v) is 7.18. The van der Waals surface area contributed by atoms with Gasteiger partial charge in [-0.2, -0.15) is 0 Å². The van der Waals surface area contributed by atoms with E-state index in [2.05, 4.69) is 20.5 Å².